The van der Waals surface area contributed by atoms with Crippen molar-refractivity contribution in [2.45, 2.75) is 63.8 Å². The van der Waals surface area contributed by atoms with Crippen molar-refractivity contribution in [3.05, 3.63) is 0 Å². The molecule has 0 unspecified atom stereocenters. The maximum absolute atomic E-state index is 11.8. The van der Waals surface area contributed by atoms with Crippen LogP contribution in [0, 0.1) is 5.92 Å². The van der Waals surface area contributed by atoms with Gasteiger partial charge in [0, 0.05) is 19.0 Å². The molecule has 1 heterocycles. The number of rotatable bonds is 4. The molecule has 1 amide bonds. The Kier molecular flexibility index (Phi) is 5.30. The first-order valence-electron chi connectivity index (χ1n) is 7.34. The van der Waals surface area contributed by atoms with Gasteiger partial charge in [-0.25, -0.2) is 0 Å². The smallest absolute Gasteiger partial charge is 0.220 e. The number of piperidine rings is 1. The third kappa shape index (κ3) is 4.66. The van der Waals surface area contributed by atoms with Crippen LogP contribution in [0.15, 0.2) is 0 Å². The summed E-state index contributed by atoms with van der Waals surface area (Å²) in [6.07, 6.45) is 11.0. The number of carbonyl (C=O) groups excluding carboxylic acids is 1. The zero-order valence-corrected chi connectivity index (χ0v) is 10.8. The van der Waals surface area contributed by atoms with E-state index in [2.05, 4.69) is 10.6 Å². The third-order valence-corrected chi connectivity index (χ3v) is 4.17. The Morgan fingerprint density at radius 2 is 1.94 bits per heavy atom. The standard InChI is InChI=1S/C14H26N2O/c17-14(16-13-7-4-10-15-11-13)9-8-12-5-2-1-3-6-12/h12-13,15H,1-11H2,(H,16,17)/t13-/m1/s1. The second-order valence-electron chi connectivity index (χ2n) is 5.65. The molecule has 17 heavy (non-hydrogen) atoms. The molecule has 3 heteroatoms. The lowest BCUT2D eigenvalue weighted by Crippen LogP contribution is -2.45. The van der Waals surface area contributed by atoms with Crippen LogP contribution in [0.1, 0.15) is 57.8 Å². The largest absolute Gasteiger partial charge is 0.352 e. The summed E-state index contributed by atoms with van der Waals surface area (Å²) in [5.41, 5.74) is 0. The van der Waals surface area contributed by atoms with E-state index in [4.69, 9.17) is 0 Å². The van der Waals surface area contributed by atoms with Crippen molar-refractivity contribution in [3.63, 3.8) is 0 Å². The van der Waals surface area contributed by atoms with Crippen molar-refractivity contribution < 1.29 is 4.79 Å². The zero-order valence-electron chi connectivity index (χ0n) is 10.8. The minimum Gasteiger partial charge on any atom is -0.352 e. The van der Waals surface area contributed by atoms with Gasteiger partial charge in [-0.15, -0.1) is 0 Å². The van der Waals surface area contributed by atoms with E-state index in [1.165, 1.54) is 38.5 Å². The summed E-state index contributed by atoms with van der Waals surface area (Å²) >= 11 is 0. The SMILES string of the molecule is O=C(CCC1CCCCC1)N[C@@H]1CCCNC1. The summed E-state index contributed by atoms with van der Waals surface area (Å²) < 4.78 is 0. The van der Waals surface area contributed by atoms with Crippen LogP contribution in [-0.2, 0) is 4.79 Å². The van der Waals surface area contributed by atoms with Gasteiger partial charge in [-0.05, 0) is 31.7 Å². The predicted octanol–water partition coefficient (Wildman–Crippen LogP) is 2.22. The van der Waals surface area contributed by atoms with E-state index in [0.717, 1.165) is 38.3 Å². The monoisotopic (exact) mass is 238 g/mol. The molecule has 2 fully saturated rings. The summed E-state index contributed by atoms with van der Waals surface area (Å²) in [5, 5.41) is 6.49. The molecule has 0 bridgehead atoms. The Morgan fingerprint density at radius 1 is 1.12 bits per heavy atom. The summed E-state index contributed by atoms with van der Waals surface area (Å²) in [6.45, 7) is 2.06. The lowest BCUT2D eigenvalue weighted by molar-refractivity contribution is -0.122. The second-order valence-corrected chi connectivity index (χ2v) is 5.65. The molecule has 0 aromatic heterocycles. The fraction of sp³-hybridized carbons (Fsp3) is 0.929. The Bertz CT molecular complexity index is 230. The minimum absolute atomic E-state index is 0.268. The van der Waals surface area contributed by atoms with E-state index in [9.17, 15) is 4.79 Å². The molecule has 1 atom stereocenters. The van der Waals surface area contributed by atoms with Gasteiger partial charge >= 0.3 is 0 Å². The van der Waals surface area contributed by atoms with Crippen LogP contribution in [-0.4, -0.2) is 25.0 Å². The van der Waals surface area contributed by atoms with Gasteiger partial charge in [0.15, 0.2) is 0 Å². The Morgan fingerprint density at radius 3 is 2.65 bits per heavy atom. The van der Waals surface area contributed by atoms with Crippen LogP contribution in [0.2, 0.25) is 0 Å². The van der Waals surface area contributed by atoms with E-state index < -0.39 is 0 Å². The lowest BCUT2D eigenvalue weighted by Gasteiger charge is -2.25. The van der Waals surface area contributed by atoms with Crippen molar-refractivity contribution >= 4 is 5.91 Å². The fourth-order valence-electron chi connectivity index (χ4n) is 3.09. The van der Waals surface area contributed by atoms with Crippen LogP contribution in [0.25, 0.3) is 0 Å². The van der Waals surface area contributed by atoms with E-state index in [0.29, 0.717) is 6.04 Å². The number of hydrogen-bond acceptors (Lipinski definition) is 2. The molecular formula is C14H26N2O. The molecule has 0 aromatic rings. The maximum Gasteiger partial charge on any atom is 0.220 e. The van der Waals surface area contributed by atoms with Gasteiger partial charge in [0.1, 0.15) is 0 Å². The molecule has 98 valence electrons. The first kappa shape index (κ1) is 12.9. The van der Waals surface area contributed by atoms with Gasteiger partial charge in [0.2, 0.25) is 5.91 Å². The van der Waals surface area contributed by atoms with Gasteiger partial charge < -0.3 is 10.6 Å². The van der Waals surface area contributed by atoms with Crippen LogP contribution in [0.4, 0.5) is 0 Å². The topological polar surface area (TPSA) is 41.1 Å². The van der Waals surface area contributed by atoms with Gasteiger partial charge in [-0.2, -0.15) is 0 Å². The highest BCUT2D eigenvalue weighted by atomic mass is 16.1. The van der Waals surface area contributed by atoms with Crippen molar-refractivity contribution in [1.29, 1.82) is 0 Å². The molecule has 0 aromatic carbocycles. The number of carbonyl (C=O) groups is 1. The van der Waals surface area contributed by atoms with Gasteiger partial charge in [-0.3, -0.25) is 4.79 Å². The zero-order chi connectivity index (χ0) is 11.9. The van der Waals surface area contributed by atoms with Gasteiger partial charge in [-0.1, -0.05) is 32.1 Å². The molecule has 2 aliphatic rings. The molecule has 1 aliphatic heterocycles. The lowest BCUT2D eigenvalue weighted by atomic mass is 9.86. The normalized spacial score (nSPS) is 26.7. The number of amides is 1. The quantitative estimate of drug-likeness (QED) is 0.788. The molecule has 3 nitrogen and oxygen atoms in total. The van der Waals surface area contributed by atoms with Crippen LogP contribution in [0.3, 0.4) is 0 Å². The Balaban J connectivity index is 1.59. The highest BCUT2D eigenvalue weighted by Gasteiger charge is 2.17. The molecule has 0 spiro atoms. The molecule has 1 aliphatic carbocycles. The minimum atomic E-state index is 0.268. The molecule has 1 saturated carbocycles. The summed E-state index contributed by atoms with van der Waals surface area (Å²) in [6, 6.07) is 0.377. The van der Waals surface area contributed by atoms with E-state index in [-0.39, 0.29) is 5.91 Å². The third-order valence-electron chi connectivity index (χ3n) is 4.17. The highest BCUT2D eigenvalue weighted by Crippen LogP contribution is 2.27. The van der Waals surface area contributed by atoms with E-state index in [1.807, 2.05) is 0 Å². The Labute approximate surface area is 105 Å². The summed E-state index contributed by atoms with van der Waals surface area (Å²) in [4.78, 5) is 11.8. The van der Waals surface area contributed by atoms with Crippen LogP contribution < -0.4 is 10.6 Å². The number of nitrogens with one attached hydrogen (secondary N) is 2. The maximum atomic E-state index is 11.8. The average molecular weight is 238 g/mol. The summed E-state index contributed by atoms with van der Waals surface area (Å²) in [5.74, 6) is 1.09. The molecule has 0 radical (unpaired) electrons. The molecular weight excluding hydrogens is 212 g/mol. The first-order chi connectivity index (χ1) is 8.34. The van der Waals surface area contributed by atoms with E-state index >= 15 is 0 Å². The second kappa shape index (κ2) is 7.00. The number of hydrogen-bond donors (Lipinski definition) is 2. The van der Waals surface area contributed by atoms with Crippen molar-refractivity contribution in [3.8, 4) is 0 Å². The van der Waals surface area contributed by atoms with Crippen LogP contribution in [0.5, 0.6) is 0 Å². The fourth-order valence-corrected chi connectivity index (χ4v) is 3.09. The summed E-state index contributed by atoms with van der Waals surface area (Å²) in [7, 11) is 0. The van der Waals surface area contributed by atoms with Crippen molar-refractivity contribution in [2.24, 2.45) is 5.92 Å². The van der Waals surface area contributed by atoms with Crippen molar-refractivity contribution in [1.82, 2.24) is 10.6 Å². The average Bonchev–Trinajstić information content (AvgIpc) is 2.39. The highest BCUT2D eigenvalue weighted by molar-refractivity contribution is 5.76. The molecule has 2 rings (SSSR count). The van der Waals surface area contributed by atoms with Crippen LogP contribution >= 0.6 is 0 Å². The van der Waals surface area contributed by atoms with Gasteiger partial charge in [0.25, 0.3) is 0 Å². The predicted molar refractivity (Wildman–Crippen MR) is 69.8 cm³/mol. The molecule has 2 N–H and O–H groups in total. The molecule has 1 saturated heterocycles. The van der Waals surface area contributed by atoms with E-state index in [1.54, 1.807) is 0 Å². The van der Waals surface area contributed by atoms with Gasteiger partial charge in [0.05, 0.1) is 0 Å². The van der Waals surface area contributed by atoms with Crippen molar-refractivity contribution in [2.75, 3.05) is 13.1 Å². The Hall–Kier alpha value is -0.570. The first-order valence-corrected chi connectivity index (χ1v) is 7.34.